The summed E-state index contributed by atoms with van der Waals surface area (Å²) in [4.78, 5) is 17.2. The summed E-state index contributed by atoms with van der Waals surface area (Å²) in [6.07, 6.45) is 4.51. The topological polar surface area (TPSA) is 56.1 Å². The van der Waals surface area contributed by atoms with E-state index in [-0.39, 0.29) is 11.8 Å². The first kappa shape index (κ1) is 17.7. The number of carbonyl (C=O) groups is 1. The third kappa shape index (κ3) is 3.71. The quantitative estimate of drug-likeness (QED) is 0.689. The summed E-state index contributed by atoms with van der Waals surface area (Å²) < 4.78 is 7.71. The zero-order valence-corrected chi connectivity index (χ0v) is 15.9. The molecule has 0 aliphatic carbocycles. The van der Waals surface area contributed by atoms with Gasteiger partial charge in [0.1, 0.15) is 11.4 Å². The minimum atomic E-state index is -0.120. The highest BCUT2D eigenvalue weighted by atomic mass is 32.2. The fourth-order valence-corrected chi connectivity index (χ4v) is 3.86. The van der Waals surface area contributed by atoms with Gasteiger partial charge in [0, 0.05) is 18.2 Å². The van der Waals surface area contributed by atoms with Gasteiger partial charge in [-0.25, -0.2) is 4.98 Å². The molecule has 4 rings (SSSR count). The lowest BCUT2D eigenvalue weighted by Crippen LogP contribution is -2.35. The fourth-order valence-electron chi connectivity index (χ4n) is 3.32. The molecule has 2 aromatic carbocycles. The van der Waals surface area contributed by atoms with Crippen molar-refractivity contribution in [3.63, 3.8) is 0 Å². The van der Waals surface area contributed by atoms with Gasteiger partial charge in [-0.2, -0.15) is 0 Å². The number of nitrogens with zero attached hydrogens (tertiary/aromatic N) is 2. The molecule has 27 heavy (non-hydrogen) atoms. The lowest BCUT2D eigenvalue weighted by Gasteiger charge is -2.25. The second-order valence-electron chi connectivity index (χ2n) is 6.50. The molecule has 2 heterocycles. The number of hydrogen-bond acceptors (Lipinski definition) is 4. The van der Waals surface area contributed by atoms with Crippen LogP contribution in [0.1, 0.15) is 16.1 Å². The van der Waals surface area contributed by atoms with Gasteiger partial charge in [-0.05, 0) is 36.4 Å². The number of amides is 1. The van der Waals surface area contributed by atoms with E-state index in [9.17, 15) is 4.79 Å². The van der Waals surface area contributed by atoms with Crippen molar-refractivity contribution in [1.82, 2.24) is 14.9 Å². The van der Waals surface area contributed by atoms with Gasteiger partial charge in [0.05, 0.1) is 12.8 Å². The first-order valence-electron chi connectivity index (χ1n) is 8.92. The zero-order chi connectivity index (χ0) is 18.6. The lowest BCUT2D eigenvalue weighted by molar-refractivity contribution is 0.0931. The Labute approximate surface area is 162 Å². The Morgan fingerprint density at radius 3 is 2.81 bits per heavy atom. The summed E-state index contributed by atoms with van der Waals surface area (Å²) in [6, 6.07) is 17.9. The summed E-state index contributed by atoms with van der Waals surface area (Å²) in [6.45, 7) is 1.19. The molecule has 138 valence electrons. The molecule has 1 amide bonds. The van der Waals surface area contributed by atoms with Gasteiger partial charge in [-0.15, -0.1) is 0 Å². The molecule has 1 atom stereocenters. The molecule has 6 heteroatoms. The van der Waals surface area contributed by atoms with Crippen LogP contribution in [0.5, 0.6) is 5.75 Å². The third-order valence-electron chi connectivity index (χ3n) is 4.67. The summed E-state index contributed by atoms with van der Waals surface area (Å²) in [5.74, 6) is 1.09. The van der Waals surface area contributed by atoms with Gasteiger partial charge < -0.3 is 10.1 Å². The molecule has 0 bridgehead atoms. The van der Waals surface area contributed by atoms with E-state index in [4.69, 9.17) is 4.74 Å². The maximum atomic E-state index is 12.8. The van der Waals surface area contributed by atoms with Crippen LogP contribution in [-0.2, 0) is 6.42 Å². The third-order valence-corrected chi connectivity index (χ3v) is 5.32. The molecular formula is C21H21N3O2S. The van der Waals surface area contributed by atoms with Crippen LogP contribution in [0.3, 0.4) is 0 Å². The number of thioether (sulfide) groups is 1. The van der Waals surface area contributed by atoms with Crippen molar-refractivity contribution in [2.45, 2.75) is 11.6 Å². The number of carbonyl (C=O) groups excluding carboxylic acids is 1. The van der Waals surface area contributed by atoms with Gasteiger partial charge in [0.25, 0.3) is 5.91 Å². The molecule has 0 fully saturated rings. The molecule has 0 spiro atoms. The van der Waals surface area contributed by atoms with E-state index in [2.05, 4.69) is 16.4 Å². The van der Waals surface area contributed by atoms with Crippen molar-refractivity contribution < 1.29 is 9.53 Å². The number of ether oxygens (including phenoxy) is 1. The highest BCUT2D eigenvalue weighted by molar-refractivity contribution is 7.98. The maximum Gasteiger partial charge on any atom is 0.269 e. The Bertz CT molecular complexity index is 940. The number of para-hydroxylation sites is 2. The smallest absolute Gasteiger partial charge is 0.269 e. The SMILES string of the molecule is CSc1ncc(C(=O)NC[C@H]2COc3ccccc3C2)n1-c1ccccc1. The molecule has 1 aliphatic heterocycles. The predicted octanol–water partition coefficient (Wildman–Crippen LogP) is 3.58. The fraction of sp³-hybridized carbons (Fsp3) is 0.238. The Balaban J connectivity index is 1.47. The van der Waals surface area contributed by atoms with Crippen molar-refractivity contribution in [3.8, 4) is 11.4 Å². The second kappa shape index (κ2) is 7.88. The van der Waals surface area contributed by atoms with Crippen LogP contribution in [0.4, 0.5) is 0 Å². The number of nitrogens with one attached hydrogen (secondary N) is 1. The number of imidazole rings is 1. The molecule has 5 nitrogen and oxygen atoms in total. The molecule has 1 N–H and O–H groups in total. The number of hydrogen-bond donors (Lipinski definition) is 1. The van der Waals surface area contributed by atoms with Crippen LogP contribution < -0.4 is 10.1 Å². The zero-order valence-electron chi connectivity index (χ0n) is 15.1. The minimum absolute atomic E-state index is 0.120. The number of rotatable bonds is 5. The van der Waals surface area contributed by atoms with Gasteiger partial charge in [0.15, 0.2) is 5.16 Å². The van der Waals surface area contributed by atoms with Crippen LogP contribution in [-0.4, -0.2) is 34.9 Å². The van der Waals surface area contributed by atoms with E-state index in [1.54, 1.807) is 6.20 Å². The Morgan fingerprint density at radius 1 is 1.22 bits per heavy atom. The molecule has 1 aliphatic rings. The van der Waals surface area contributed by atoms with Gasteiger partial charge in [-0.3, -0.25) is 9.36 Å². The Hall–Kier alpha value is -2.73. The molecule has 0 radical (unpaired) electrons. The number of aromatic nitrogens is 2. The highest BCUT2D eigenvalue weighted by Gasteiger charge is 2.22. The largest absolute Gasteiger partial charge is 0.493 e. The van der Waals surface area contributed by atoms with E-state index in [0.29, 0.717) is 18.8 Å². The Kier molecular flexibility index (Phi) is 5.16. The standard InChI is InChI=1S/C21H21N3O2S/c1-27-21-23-13-18(24(21)17-8-3-2-4-9-17)20(25)22-12-15-11-16-7-5-6-10-19(16)26-14-15/h2-10,13,15H,11-12,14H2,1H3,(H,22,25)/t15-/m0/s1. The van der Waals surface area contributed by atoms with Crippen molar-refractivity contribution in [2.24, 2.45) is 5.92 Å². The van der Waals surface area contributed by atoms with Crippen molar-refractivity contribution >= 4 is 17.7 Å². The van der Waals surface area contributed by atoms with E-state index < -0.39 is 0 Å². The lowest BCUT2D eigenvalue weighted by atomic mass is 9.97. The molecule has 3 aromatic rings. The van der Waals surface area contributed by atoms with E-state index in [1.165, 1.54) is 17.3 Å². The minimum Gasteiger partial charge on any atom is -0.493 e. The van der Waals surface area contributed by atoms with Crippen molar-refractivity contribution in [3.05, 3.63) is 72.1 Å². The van der Waals surface area contributed by atoms with E-state index >= 15 is 0 Å². The van der Waals surface area contributed by atoms with Crippen molar-refractivity contribution in [2.75, 3.05) is 19.4 Å². The van der Waals surface area contributed by atoms with Crippen LogP contribution in [0.15, 0.2) is 66.0 Å². The maximum absolute atomic E-state index is 12.8. The summed E-state index contributed by atoms with van der Waals surface area (Å²) >= 11 is 1.52. The van der Waals surface area contributed by atoms with Gasteiger partial charge >= 0.3 is 0 Å². The summed E-state index contributed by atoms with van der Waals surface area (Å²) in [7, 11) is 0. The predicted molar refractivity (Wildman–Crippen MR) is 107 cm³/mol. The highest BCUT2D eigenvalue weighted by Crippen LogP contribution is 2.26. The first-order chi connectivity index (χ1) is 13.3. The first-order valence-corrected chi connectivity index (χ1v) is 10.1. The van der Waals surface area contributed by atoms with Gasteiger partial charge in [0.2, 0.25) is 0 Å². The van der Waals surface area contributed by atoms with Crippen LogP contribution in [0, 0.1) is 5.92 Å². The molecular weight excluding hydrogens is 358 g/mol. The molecule has 0 unspecified atom stereocenters. The molecule has 1 aromatic heterocycles. The summed E-state index contributed by atoms with van der Waals surface area (Å²) in [5.41, 5.74) is 2.67. The number of benzene rings is 2. The van der Waals surface area contributed by atoms with Crippen molar-refractivity contribution in [1.29, 1.82) is 0 Å². The molecule has 0 saturated heterocycles. The van der Waals surface area contributed by atoms with Gasteiger partial charge in [-0.1, -0.05) is 48.2 Å². The summed E-state index contributed by atoms with van der Waals surface area (Å²) in [5, 5.41) is 3.85. The molecule has 0 saturated carbocycles. The van der Waals surface area contributed by atoms with Crippen LogP contribution in [0.2, 0.25) is 0 Å². The monoisotopic (exact) mass is 379 g/mol. The van der Waals surface area contributed by atoms with Crippen LogP contribution in [0.25, 0.3) is 5.69 Å². The number of fused-ring (bicyclic) bond motifs is 1. The second-order valence-corrected chi connectivity index (χ2v) is 7.27. The normalized spacial score (nSPS) is 15.7. The Morgan fingerprint density at radius 2 is 2.00 bits per heavy atom. The average Bonchev–Trinajstić information content (AvgIpc) is 3.17. The van der Waals surface area contributed by atoms with E-state index in [1.807, 2.05) is 59.4 Å². The van der Waals surface area contributed by atoms with Crippen LogP contribution >= 0.6 is 11.8 Å². The van der Waals surface area contributed by atoms with E-state index in [0.717, 1.165) is 23.0 Å². The average molecular weight is 379 g/mol.